The highest BCUT2D eigenvalue weighted by Crippen LogP contribution is 2.06. The number of benzene rings is 1. The SMILES string of the molecule is C=CCNC(=NC)NCc1ccc(C(=O)N(C)C)cc1.I. The third kappa shape index (κ3) is 6.61. The molecular weight excluding hydrogens is 379 g/mol. The first-order chi connectivity index (χ1) is 9.58. The number of hydrogen-bond donors (Lipinski definition) is 2. The van der Waals surface area contributed by atoms with Crippen molar-refractivity contribution in [3.05, 3.63) is 48.0 Å². The van der Waals surface area contributed by atoms with Gasteiger partial charge in [0, 0.05) is 39.8 Å². The fourth-order valence-electron chi connectivity index (χ4n) is 1.60. The van der Waals surface area contributed by atoms with Crippen molar-refractivity contribution in [1.29, 1.82) is 0 Å². The van der Waals surface area contributed by atoms with Crippen LogP contribution in [0.2, 0.25) is 0 Å². The van der Waals surface area contributed by atoms with Gasteiger partial charge in [-0.15, -0.1) is 30.6 Å². The van der Waals surface area contributed by atoms with Crippen LogP contribution in [0, 0.1) is 0 Å². The van der Waals surface area contributed by atoms with Gasteiger partial charge in [-0.3, -0.25) is 9.79 Å². The summed E-state index contributed by atoms with van der Waals surface area (Å²) in [6, 6.07) is 7.54. The van der Waals surface area contributed by atoms with Gasteiger partial charge < -0.3 is 15.5 Å². The number of nitrogens with one attached hydrogen (secondary N) is 2. The number of carbonyl (C=O) groups is 1. The Morgan fingerprint density at radius 2 is 1.90 bits per heavy atom. The third-order valence-electron chi connectivity index (χ3n) is 2.70. The highest BCUT2D eigenvalue weighted by molar-refractivity contribution is 14.0. The van der Waals surface area contributed by atoms with E-state index in [2.05, 4.69) is 22.2 Å². The molecule has 1 rings (SSSR count). The molecule has 0 unspecified atom stereocenters. The van der Waals surface area contributed by atoms with E-state index in [9.17, 15) is 4.79 Å². The Hall–Kier alpha value is -1.57. The number of nitrogens with zero attached hydrogens (tertiary/aromatic N) is 2. The van der Waals surface area contributed by atoms with Crippen LogP contribution in [0.3, 0.4) is 0 Å². The molecule has 0 heterocycles. The fourth-order valence-corrected chi connectivity index (χ4v) is 1.60. The summed E-state index contributed by atoms with van der Waals surface area (Å²) in [5.41, 5.74) is 1.77. The minimum atomic E-state index is 0. The van der Waals surface area contributed by atoms with Crippen molar-refractivity contribution in [2.45, 2.75) is 6.54 Å². The molecule has 5 nitrogen and oxygen atoms in total. The summed E-state index contributed by atoms with van der Waals surface area (Å²) in [6.07, 6.45) is 1.77. The van der Waals surface area contributed by atoms with Crippen molar-refractivity contribution >= 4 is 35.8 Å². The van der Waals surface area contributed by atoms with Crippen molar-refractivity contribution < 1.29 is 4.79 Å². The molecule has 6 heteroatoms. The summed E-state index contributed by atoms with van der Waals surface area (Å²) in [5, 5.41) is 6.28. The van der Waals surface area contributed by atoms with Crippen molar-refractivity contribution in [1.82, 2.24) is 15.5 Å². The molecule has 0 aliphatic heterocycles. The molecule has 0 bridgehead atoms. The van der Waals surface area contributed by atoms with Crippen molar-refractivity contribution in [2.24, 2.45) is 4.99 Å². The van der Waals surface area contributed by atoms with E-state index in [1.807, 2.05) is 24.3 Å². The maximum Gasteiger partial charge on any atom is 0.253 e. The number of guanidine groups is 1. The summed E-state index contributed by atoms with van der Waals surface area (Å²) in [4.78, 5) is 17.4. The van der Waals surface area contributed by atoms with Gasteiger partial charge in [0.05, 0.1) is 0 Å². The Balaban J connectivity index is 0.00000400. The fraction of sp³-hybridized carbons (Fsp3) is 0.333. The monoisotopic (exact) mass is 402 g/mol. The van der Waals surface area contributed by atoms with Crippen LogP contribution in [0.4, 0.5) is 0 Å². The van der Waals surface area contributed by atoms with Crippen LogP contribution in [-0.4, -0.2) is 44.5 Å². The standard InChI is InChI=1S/C15H22N4O.HI/c1-5-10-17-15(16-2)18-11-12-6-8-13(9-7-12)14(20)19(3)4;/h5-9H,1,10-11H2,2-4H3,(H2,16,17,18);1H. The Kier molecular flexibility index (Phi) is 9.44. The van der Waals surface area contributed by atoms with Gasteiger partial charge >= 0.3 is 0 Å². The molecule has 116 valence electrons. The van der Waals surface area contributed by atoms with E-state index in [1.54, 1.807) is 32.1 Å². The molecule has 0 atom stereocenters. The molecule has 21 heavy (non-hydrogen) atoms. The second-order valence-electron chi connectivity index (χ2n) is 4.49. The molecule has 0 radical (unpaired) electrons. The Bertz CT molecular complexity index is 483. The smallest absolute Gasteiger partial charge is 0.253 e. The first kappa shape index (κ1) is 19.4. The van der Waals surface area contributed by atoms with Crippen LogP contribution >= 0.6 is 24.0 Å². The van der Waals surface area contributed by atoms with Gasteiger partial charge in [0.1, 0.15) is 0 Å². The summed E-state index contributed by atoms with van der Waals surface area (Å²) in [7, 11) is 5.21. The van der Waals surface area contributed by atoms with Crippen LogP contribution in [-0.2, 0) is 6.54 Å². The van der Waals surface area contributed by atoms with E-state index in [0.717, 1.165) is 11.5 Å². The number of hydrogen-bond acceptors (Lipinski definition) is 2. The number of carbonyl (C=O) groups excluding carboxylic acids is 1. The zero-order valence-electron chi connectivity index (χ0n) is 12.7. The van der Waals surface area contributed by atoms with E-state index in [4.69, 9.17) is 0 Å². The molecule has 0 fully saturated rings. The van der Waals surface area contributed by atoms with Gasteiger partial charge in [-0.25, -0.2) is 0 Å². The Morgan fingerprint density at radius 3 is 2.38 bits per heavy atom. The van der Waals surface area contributed by atoms with E-state index in [-0.39, 0.29) is 29.9 Å². The lowest BCUT2D eigenvalue weighted by Gasteiger charge is -2.12. The van der Waals surface area contributed by atoms with Gasteiger partial charge in [0.2, 0.25) is 0 Å². The quantitative estimate of drug-likeness (QED) is 0.342. The first-order valence-electron chi connectivity index (χ1n) is 6.44. The summed E-state index contributed by atoms with van der Waals surface area (Å²) < 4.78 is 0. The topological polar surface area (TPSA) is 56.7 Å². The molecule has 0 aliphatic carbocycles. The van der Waals surface area contributed by atoms with Crippen molar-refractivity contribution in [2.75, 3.05) is 27.7 Å². The second-order valence-corrected chi connectivity index (χ2v) is 4.49. The minimum Gasteiger partial charge on any atom is -0.353 e. The highest BCUT2D eigenvalue weighted by Gasteiger charge is 2.07. The predicted molar refractivity (Wildman–Crippen MR) is 98.3 cm³/mol. The molecule has 0 saturated heterocycles. The van der Waals surface area contributed by atoms with Crippen LogP contribution in [0.1, 0.15) is 15.9 Å². The second kappa shape index (κ2) is 10.2. The molecule has 0 aliphatic rings. The van der Waals surface area contributed by atoms with Gasteiger partial charge in [0.25, 0.3) is 5.91 Å². The zero-order chi connectivity index (χ0) is 15.0. The molecule has 1 aromatic rings. The molecule has 0 aromatic heterocycles. The molecule has 0 spiro atoms. The average Bonchev–Trinajstić information content (AvgIpc) is 2.47. The lowest BCUT2D eigenvalue weighted by molar-refractivity contribution is 0.0827. The summed E-state index contributed by atoms with van der Waals surface area (Å²) >= 11 is 0. The summed E-state index contributed by atoms with van der Waals surface area (Å²) in [6.45, 7) is 4.95. The minimum absolute atomic E-state index is 0. The van der Waals surface area contributed by atoms with Crippen LogP contribution in [0.15, 0.2) is 41.9 Å². The van der Waals surface area contributed by atoms with Gasteiger partial charge in [-0.1, -0.05) is 18.2 Å². The van der Waals surface area contributed by atoms with Gasteiger partial charge in [0.15, 0.2) is 5.96 Å². The predicted octanol–water partition coefficient (Wildman–Crippen LogP) is 1.86. The summed E-state index contributed by atoms with van der Waals surface area (Å²) in [5.74, 6) is 0.728. The number of halogens is 1. The van der Waals surface area contributed by atoms with Crippen molar-refractivity contribution in [3.8, 4) is 0 Å². The lowest BCUT2D eigenvalue weighted by Crippen LogP contribution is -2.36. The number of aliphatic imine (C=N–C) groups is 1. The lowest BCUT2D eigenvalue weighted by atomic mass is 10.1. The Labute approximate surface area is 143 Å². The average molecular weight is 402 g/mol. The first-order valence-corrected chi connectivity index (χ1v) is 6.44. The van der Waals surface area contributed by atoms with Crippen LogP contribution in [0.25, 0.3) is 0 Å². The Morgan fingerprint density at radius 1 is 1.29 bits per heavy atom. The maximum atomic E-state index is 11.8. The number of rotatable bonds is 5. The molecule has 1 aromatic carbocycles. The molecular formula is C15H23IN4O. The van der Waals surface area contributed by atoms with E-state index in [1.165, 1.54) is 0 Å². The van der Waals surface area contributed by atoms with E-state index >= 15 is 0 Å². The maximum absolute atomic E-state index is 11.8. The third-order valence-corrected chi connectivity index (χ3v) is 2.70. The van der Waals surface area contributed by atoms with Crippen LogP contribution in [0.5, 0.6) is 0 Å². The molecule has 2 N–H and O–H groups in total. The largest absolute Gasteiger partial charge is 0.353 e. The van der Waals surface area contributed by atoms with Gasteiger partial charge in [-0.2, -0.15) is 0 Å². The number of amides is 1. The van der Waals surface area contributed by atoms with Crippen molar-refractivity contribution in [3.63, 3.8) is 0 Å². The van der Waals surface area contributed by atoms with Gasteiger partial charge in [-0.05, 0) is 17.7 Å². The zero-order valence-corrected chi connectivity index (χ0v) is 15.0. The molecule has 0 saturated carbocycles. The highest BCUT2D eigenvalue weighted by atomic mass is 127. The normalized spacial score (nSPS) is 10.3. The van der Waals surface area contributed by atoms with E-state index < -0.39 is 0 Å². The van der Waals surface area contributed by atoms with Crippen LogP contribution < -0.4 is 10.6 Å². The molecule has 1 amide bonds. The van der Waals surface area contributed by atoms with E-state index in [0.29, 0.717) is 18.7 Å².